The quantitative estimate of drug-likeness (QED) is 0.831. The molecule has 14 heavy (non-hydrogen) atoms. The van der Waals surface area contributed by atoms with E-state index in [9.17, 15) is 0 Å². The van der Waals surface area contributed by atoms with Gasteiger partial charge in [0.15, 0.2) is 0 Å². The minimum absolute atomic E-state index is 0.155. The Hall–Kier alpha value is -0.450. The first-order valence-corrected chi connectivity index (χ1v) is 5.83. The van der Waals surface area contributed by atoms with Gasteiger partial charge in [-0.1, -0.05) is 6.92 Å². The molecule has 2 unspecified atom stereocenters. The predicted molar refractivity (Wildman–Crippen MR) is 55.8 cm³/mol. The Morgan fingerprint density at radius 2 is 2.64 bits per heavy atom. The third kappa shape index (κ3) is 1.97. The van der Waals surface area contributed by atoms with Gasteiger partial charge in [-0.25, -0.2) is 4.98 Å². The van der Waals surface area contributed by atoms with Crippen molar-refractivity contribution in [3.63, 3.8) is 0 Å². The number of hydrogen-bond acceptors (Lipinski definition) is 4. The van der Waals surface area contributed by atoms with Crippen molar-refractivity contribution in [2.45, 2.75) is 25.2 Å². The van der Waals surface area contributed by atoms with Crippen molar-refractivity contribution in [1.29, 1.82) is 0 Å². The number of rotatable bonds is 3. The zero-order chi connectivity index (χ0) is 9.97. The van der Waals surface area contributed by atoms with Crippen LogP contribution in [0.2, 0.25) is 0 Å². The summed E-state index contributed by atoms with van der Waals surface area (Å²) in [6.45, 7) is 3.82. The molecule has 1 fully saturated rings. The molecule has 0 spiro atoms. The van der Waals surface area contributed by atoms with Crippen LogP contribution in [0, 0.1) is 0 Å². The lowest BCUT2D eigenvalue weighted by atomic mass is 10.1. The Labute approximate surface area is 87.7 Å². The third-order valence-corrected chi connectivity index (χ3v) is 3.62. The molecule has 0 aromatic carbocycles. The molecule has 3 nitrogen and oxygen atoms in total. The van der Waals surface area contributed by atoms with Gasteiger partial charge in [0.2, 0.25) is 0 Å². The average Bonchev–Trinajstić information content (AvgIpc) is 2.86. The molecular weight excluding hydrogens is 198 g/mol. The number of hydrogen-bond donors (Lipinski definition) is 1. The average molecular weight is 213 g/mol. The van der Waals surface area contributed by atoms with Crippen molar-refractivity contribution < 1.29 is 9.84 Å². The van der Waals surface area contributed by atoms with Crippen molar-refractivity contribution in [2.24, 2.45) is 0 Å². The molecule has 1 N–H and O–H groups in total. The summed E-state index contributed by atoms with van der Waals surface area (Å²) in [4.78, 5) is 4.54. The Kier molecular flexibility index (Phi) is 3.15. The van der Waals surface area contributed by atoms with Crippen LogP contribution in [-0.4, -0.2) is 29.9 Å². The highest BCUT2D eigenvalue weighted by atomic mass is 32.1. The summed E-state index contributed by atoms with van der Waals surface area (Å²) in [7, 11) is 0. The molecule has 0 saturated carbocycles. The monoisotopic (exact) mass is 213 g/mol. The fourth-order valence-electron chi connectivity index (χ4n) is 1.54. The molecule has 0 radical (unpaired) electrons. The van der Waals surface area contributed by atoms with Gasteiger partial charge in [-0.3, -0.25) is 0 Å². The van der Waals surface area contributed by atoms with E-state index in [1.807, 2.05) is 6.92 Å². The van der Waals surface area contributed by atoms with Crippen molar-refractivity contribution in [3.8, 4) is 0 Å². The van der Waals surface area contributed by atoms with Gasteiger partial charge in [0.1, 0.15) is 0 Å². The van der Waals surface area contributed by atoms with Gasteiger partial charge >= 0.3 is 0 Å². The molecule has 2 heterocycles. The fraction of sp³-hybridized carbons (Fsp3) is 0.700. The Morgan fingerprint density at radius 1 is 1.79 bits per heavy atom. The maximum Gasteiger partial charge on any atom is 0.0983 e. The first-order chi connectivity index (χ1) is 6.81. The van der Waals surface area contributed by atoms with Crippen LogP contribution in [0.25, 0.3) is 0 Å². The number of aromatic nitrogens is 1. The molecular formula is C10H15NO2S. The second-order valence-corrected chi connectivity index (χ2v) is 4.64. The number of nitrogens with zero attached hydrogens (tertiary/aromatic N) is 1. The van der Waals surface area contributed by atoms with Crippen LogP contribution >= 0.6 is 11.3 Å². The van der Waals surface area contributed by atoms with Gasteiger partial charge in [-0.15, -0.1) is 11.3 Å². The van der Waals surface area contributed by atoms with E-state index in [0.717, 1.165) is 30.3 Å². The molecule has 1 aliphatic rings. The normalized spacial score (nSPS) is 24.0. The van der Waals surface area contributed by atoms with Crippen molar-refractivity contribution in [1.82, 2.24) is 4.98 Å². The van der Waals surface area contributed by atoms with Crippen LogP contribution in [0.5, 0.6) is 0 Å². The Bertz CT molecular complexity index is 294. The van der Waals surface area contributed by atoms with Gasteiger partial charge in [-0.2, -0.15) is 0 Å². The van der Waals surface area contributed by atoms with E-state index < -0.39 is 0 Å². The molecule has 0 aliphatic carbocycles. The van der Waals surface area contributed by atoms with E-state index in [2.05, 4.69) is 10.4 Å². The summed E-state index contributed by atoms with van der Waals surface area (Å²) in [6, 6.07) is 0. The lowest BCUT2D eigenvalue weighted by Crippen LogP contribution is -2.01. The molecule has 1 saturated heterocycles. The highest BCUT2D eigenvalue weighted by Crippen LogP contribution is 2.29. The minimum atomic E-state index is 0.155. The number of aliphatic hydroxyl groups is 1. The summed E-state index contributed by atoms with van der Waals surface area (Å²) >= 11 is 1.69. The van der Waals surface area contributed by atoms with Crippen LogP contribution in [0.4, 0.5) is 0 Å². The molecule has 4 heteroatoms. The van der Waals surface area contributed by atoms with Crippen LogP contribution in [-0.2, 0) is 4.74 Å². The molecule has 2 rings (SSSR count). The second kappa shape index (κ2) is 4.38. The van der Waals surface area contributed by atoms with E-state index in [4.69, 9.17) is 9.84 Å². The maximum absolute atomic E-state index is 9.00. The van der Waals surface area contributed by atoms with E-state index in [-0.39, 0.29) is 12.5 Å². The summed E-state index contributed by atoms with van der Waals surface area (Å²) in [5, 5.41) is 12.2. The molecule has 78 valence electrons. The maximum atomic E-state index is 9.00. The lowest BCUT2D eigenvalue weighted by Gasteiger charge is -2.03. The first kappa shape index (κ1) is 10.1. The summed E-state index contributed by atoms with van der Waals surface area (Å²) in [6.07, 6.45) is 1.08. The van der Waals surface area contributed by atoms with Gasteiger partial charge in [-0.05, 0) is 6.42 Å². The van der Waals surface area contributed by atoms with Crippen molar-refractivity contribution in [3.05, 3.63) is 16.1 Å². The molecule has 1 aliphatic heterocycles. The lowest BCUT2D eigenvalue weighted by molar-refractivity contribution is 0.194. The van der Waals surface area contributed by atoms with E-state index in [1.54, 1.807) is 11.3 Å². The Morgan fingerprint density at radius 3 is 3.29 bits per heavy atom. The van der Waals surface area contributed by atoms with Crippen LogP contribution in [0.1, 0.15) is 35.9 Å². The zero-order valence-electron chi connectivity index (χ0n) is 8.27. The standard InChI is InChI=1S/C10H15NO2S/c1-7(4-12)9-6-14-10(11-9)8-2-3-13-5-8/h6-8,12H,2-5H2,1H3. The minimum Gasteiger partial charge on any atom is -0.396 e. The molecule has 0 amide bonds. The van der Waals surface area contributed by atoms with Crippen molar-refractivity contribution >= 4 is 11.3 Å². The number of thiazole rings is 1. The largest absolute Gasteiger partial charge is 0.396 e. The van der Waals surface area contributed by atoms with Crippen molar-refractivity contribution in [2.75, 3.05) is 19.8 Å². The van der Waals surface area contributed by atoms with Crippen LogP contribution in [0.3, 0.4) is 0 Å². The van der Waals surface area contributed by atoms with E-state index in [0.29, 0.717) is 5.92 Å². The highest BCUT2D eigenvalue weighted by molar-refractivity contribution is 7.09. The topological polar surface area (TPSA) is 42.4 Å². The molecule has 0 bridgehead atoms. The summed E-state index contributed by atoms with van der Waals surface area (Å²) < 4.78 is 5.32. The van der Waals surface area contributed by atoms with Crippen LogP contribution in [0.15, 0.2) is 5.38 Å². The number of ether oxygens (including phenoxy) is 1. The summed E-state index contributed by atoms with van der Waals surface area (Å²) in [5.41, 5.74) is 1.01. The fourth-order valence-corrected chi connectivity index (χ4v) is 2.60. The molecule has 1 aromatic rings. The second-order valence-electron chi connectivity index (χ2n) is 3.75. The van der Waals surface area contributed by atoms with E-state index >= 15 is 0 Å². The van der Waals surface area contributed by atoms with E-state index in [1.165, 1.54) is 0 Å². The van der Waals surface area contributed by atoms with Gasteiger partial charge in [0.05, 0.1) is 23.9 Å². The van der Waals surface area contributed by atoms with Crippen LogP contribution < -0.4 is 0 Å². The predicted octanol–water partition coefficient (Wildman–Crippen LogP) is 1.74. The Balaban J connectivity index is 2.08. The van der Waals surface area contributed by atoms with Gasteiger partial charge in [0, 0.05) is 23.8 Å². The zero-order valence-corrected chi connectivity index (χ0v) is 9.09. The van der Waals surface area contributed by atoms with Gasteiger partial charge in [0.25, 0.3) is 0 Å². The van der Waals surface area contributed by atoms with Gasteiger partial charge < -0.3 is 9.84 Å². The molecule has 1 aromatic heterocycles. The SMILES string of the molecule is CC(CO)c1csc(C2CCOC2)n1. The number of aliphatic hydroxyl groups excluding tert-OH is 1. The first-order valence-electron chi connectivity index (χ1n) is 4.95. The molecule has 2 atom stereocenters. The smallest absolute Gasteiger partial charge is 0.0983 e. The third-order valence-electron chi connectivity index (χ3n) is 2.60. The highest BCUT2D eigenvalue weighted by Gasteiger charge is 2.21. The summed E-state index contributed by atoms with van der Waals surface area (Å²) in [5.74, 6) is 0.641.